The van der Waals surface area contributed by atoms with Crippen LogP contribution in [0.4, 0.5) is 5.82 Å². The third-order valence-corrected chi connectivity index (χ3v) is 4.07. The van der Waals surface area contributed by atoms with Gasteiger partial charge in [0.05, 0.1) is 6.10 Å². The molecule has 2 unspecified atom stereocenters. The van der Waals surface area contributed by atoms with E-state index >= 15 is 0 Å². The Morgan fingerprint density at radius 2 is 2.22 bits per heavy atom. The summed E-state index contributed by atoms with van der Waals surface area (Å²) < 4.78 is 0. The smallest absolute Gasteiger partial charge is 0.128 e. The first-order valence-corrected chi connectivity index (χ1v) is 6.94. The number of aromatic nitrogens is 1. The number of pyridine rings is 1. The molecule has 3 nitrogen and oxygen atoms in total. The number of rotatable bonds is 3. The molecular formula is C15H24N2O. The summed E-state index contributed by atoms with van der Waals surface area (Å²) in [5.41, 5.74) is 0.940. The Labute approximate surface area is 110 Å². The molecule has 0 spiro atoms. The maximum Gasteiger partial charge on any atom is 0.128 e. The molecule has 1 aliphatic rings. The fourth-order valence-corrected chi connectivity index (χ4v) is 2.83. The van der Waals surface area contributed by atoms with Gasteiger partial charge in [0, 0.05) is 19.3 Å². The second kappa shape index (κ2) is 5.70. The van der Waals surface area contributed by atoms with Crippen molar-refractivity contribution in [3.8, 4) is 0 Å². The molecule has 1 aliphatic carbocycles. The lowest BCUT2D eigenvalue weighted by Crippen LogP contribution is -2.36. The van der Waals surface area contributed by atoms with Gasteiger partial charge in [-0.1, -0.05) is 19.8 Å². The van der Waals surface area contributed by atoms with Gasteiger partial charge >= 0.3 is 0 Å². The van der Waals surface area contributed by atoms with Crippen LogP contribution in [0.1, 0.15) is 51.2 Å². The molecule has 1 heterocycles. The molecule has 0 aliphatic heterocycles. The second-order valence-electron chi connectivity index (χ2n) is 5.66. The van der Waals surface area contributed by atoms with Gasteiger partial charge in [0.1, 0.15) is 5.82 Å². The molecule has 3 heteroatoms. The standard InChI is InChI=1S/C15H24N2O/c1-11-5-4-6-14(9-11)17(3)15-10-13(12(2)18)7-8-16-15/h7-8,10-12,14,18H,4-6,9H2,1-3H3/t11?,12-,14?/m1/s1. The maximum absolute atomic E-state index is 9.64. The maximum atomic E-state index is 9.64. The molecule has 3 atom stereocenters. The van der Waals surface area contributed by atoms with Crippen molar-refractivity contribution in [1.82, 2.24) is 4.98 Å². The third-order valence-electron chi connectivity index (χ3n) is 4.07. The predicted molar refractivity (Wildman–Crippen MR) is 74.7 cm³/mol. The first-order valence-electron chi connectivity index (χ1n) is 6.94. The molecular weight excluding hydrogens is 224 g/mol. The number of hydrogen-bond donors (Lipinski definition) is 1. The van der Waals surface area contributed by atoms with Gasteiger partial charge in [-0.05, 0) is 43.4 Å². The highest BCUT2D eigenvalue weighted by Crippen LogP contribution is 2.29. The highest BCUT2D eigenvalue weighted by Gasteiger charge is 2.23. The Hall–Kier alpha value is -1.09. The largest absolute Gasteiger partial charge is 0.389 e. The minimum absolute atomic E-state index is 0.426. The molecule has 0 radical (unpaired) electrons. The average molecular weight is 248 g/mol. The molecule has 0 amide bonds. The van der Waals surface area contributed by atoms with Crippen molar-refractivity contribution in [2.24, 2.45) is 5.92 Å². The lowest BCUT2D eigenvalue weighted by Gasteiger charge is -2.35. The van der Waals surface area contributed by atoms with Gasteiger partial charge in [-0.2, -0.15) is 0 Å². The Kier molecular flexibility index (Phi) is 4.23. The van der Waals surface area contributed by atoms with Crippen LogP contribution in [-0.2, 0) is 0 Å². The molecule has 1 aromatic heterocycles. The van der Waals surface area contributed by atoms with Crippen LogP contribution in [-0.4, -0.2) is 23.2 Å². The van der Waals surface area contributed by atoms with E-state index in [2.05, 4.69) is 23.9 Å². The zero-order chi connectivity index (χ0) is 13.1. The van der Waals surface area contributed by atoms with Gasteiger partial charge < -0.3 is 10.0 Å². The molecule has 100 valence electrons. The Morgan fingerprint density at radius 3 is 2.89 bits per heavy atom. The van der Waals surface area contributed by atoms with Crippen molar-refractivity contribution in [3.63, 3.8) is 0 Å². The summed E-state index contributed by atoms with van der Waals surface area (Å²) in [6, 6.07) is 4.47. The van der Waals surface area contributed by atoms with E-state index in [0.29, 0.717) is 6.04 Å². The van der Waals surface area contributed by atoms with E-state index in [1.165, 1.54) is 25.7 Å². The van der Waals surface area contributed by atoms with Crippen LogP contribution < -0.4 is 4.90 Å². The van der Waals surface area contributed by atoms with E-state index in [9.17, 15) is 5.11 Å². The van der Waals surface area contributed by atoms with Crippen molar-refractivity contribution < 1.29 is 5.11 Å². The summed E-state index contributed by atoms with van der Waals surface area (Å²) >= 11 is 0. The average Bonchev–Trinajstić information content (AvgIpc) is 2.38. The normalized spacial score (nSPS) is 25.8. The number of aliphatic hydroxyl groups is 1. The fourth-order valence-electron chi connectivity index (χ4n) is 2.83. The first kappa shape index (κ1) is 13.3. The van der Waals surface area contributed by atoms with Crippen molar-refractivity contribution >= 4 is 5.82 Å². The van der Waals surface area contributed by atoms with Crippen molar-refractivity contribution in [2.75, 3.05) is 11.9 Å². The van der Waals surface area contributed by atoms with Crippen LogP contribution in [0, 0.1) is 5.92 Å². The van der Waals surface area contributed by atoms with Crippen LogP contribution in [0.3, 0.4) is 0 Å². The molecule has 1 saturated carbocycles. The Balaban J connectivity index is 2.12. The summed E-state index contributed by atoms with van der Waals surface area (Å²) in [7, 11) is 2.12. The van der Waals surface area contributed by atoms with Gasteiger partial charge in [-0.3, -0.25) is 0 Å². The number of hydrogen-bond acceptors (Lipinski definition) is 3. The van der Waals surface area contributed by atoms with Crippen LogP contribution in [0.15, 0.2) is 18.3 Å². The minimum Gasteiger partial charge on any atom is -0.389 e. The van der Waals surface area contributed by atoms with Gasteiger partial charge in [0.2, 0.25) is 0 Å². The van der Waals surface area contributed by atoms with E-state index in [1.807, 2.05) is 12.1 Å². The molecule has 2 rings (SSSR count). The van der Waals surface area contributed by atoms with E-state index in [4.69, 9.17) is 0 Å². The molecule has 1 fully saturated rings. The lowest BCUT2D eigenvalue weighted by molar-refractivity contribution is 0.199. The molecule has 1 aromatic rings. The number of anilines is 1. The van der Waals surface area contributed by atoms with Crippen molar-refractivity contribution in [1.29, 1.82) is 0 Å². The zero-order valence-electron chi connectivity index (χ0n) is 11.6. The Morgan fingerprint density at radius 1 is 1.44 bits per heavy atom. The monoisotopic (exact) mass is 248 g/mol. The molecule has 0 bridgehead atoms. The summed E-state index contributed by atoms with van der Waals surface area (Å²) in [6.45, 7) is 4.13. The number of nitrogens with zero attached hydrogens (tertiary/aromatic N) is 2. The lowest BCUT2D eigenvalue weighted by atomic mass is 9.86. The van der Waals surface area contributed by atoms with Crippen molar-refractivity contribution in [3.05, 3.63) is 23.9 Å². The van der Waals surface area contributed by atoms with E-state index in [1.54, 1.807) is 13.1 Å². The van der Waals surface area contributed by atoms with Gasteiger partial charge in [0.15, 0.2) is 0 Å². The van der Waals surface area contributed by atoms with Crippen LogP contribution in [0.25, 0.3) is 0 Å². The van der Waals surface area contributed by atoms with Gasteiger partial charge in [-0.25, -0.2) is 4.98 Å². The van der Waals surface area contributed by atoms with E-state index in [0.717, 1.165) is 17.3 Å². The summed E-state index contributed by atoms with van der Waals surface area (Å²) in [6.07, 6.45) is 6.53. The summed E-state index contributed by atoms with van der Waals surface area (Å²) in [5, 5.41) is 9.64. The Bertz CT molecular complexity index is 392. The van der Waals surface area contributed by atoms with Crippen LogP contribution in [0.5, 0.6) is 0 Å². The fraction of sp³-hybridized carbons (Fsp3) is 0.667. The van der Waals surface area contributed by atoms with Crippen molar-refractivity contribution in [2.45, 2.75) is 51.7 Å². The number of aliphatic hydroxyl groups excluding tert-OH is 1. The van der Waals surface area contributed by atoms with Gasteiger partial charge in [-0.15, -0.1) is 0 Å². The third kappa shape index (κ3) is 3.02. The molecule has 18 heavy (non-hydrogen) atoms. The predicted octanol–water partition coefficient (Wildman–Crippen LogP) is 3.15. The minimum atomic E-state index is -0.426. The highest BCUT2D eigenvalue weighted by atomic mass is 16.3. The summed E-state index contributed by atoms with van der Waals surface area (Å²) in [5.74, 6) is 1.79. The summed E-state index contributed by atoms with van der Waals surface area (Å²) in [4.78, 5) is 6.72. The molecule has 1 N–H and O–H groups in total. The van der Waals surface area contributed by atoms with E-state index < -0.39 is 6.10 Å². The van der Waals surface area contributed by atoms with Gasteiger partial charge in [0.25, 0.3) is 0 Å². The van der Waals surface area contributed by atoms with E-state index in [-0.39, 0.29) is 0 Å². The first-order chi connectivity index (χ1) is 8.58. The van der Waals surface area contributed by atoms with Crippen LogP contribution >= 0.6 is 0 Å². The highest BCUT2D eigenvalue weighted by molar-refractivity contribution is 5.41. The zero-order valence-corrected chi connectivity index (χ0v) is 11.6. The van der Waals surface area contributed by atoms with Crippen LogP contribution in [0.2, 0.25) is 0 Å². The second-order valence-corrected chi connectivity index (χ2v) is 5.66. The quantitative estimate of drug-likeness (QED) is 0.892. The topological polar surface area (TPSA) is 36.4 Å². The SMILES string of the molecule is CC1CCCC(N(C)c2cc([C@@H](C)O)ccn2)C1. The molecule has 0 aromatic carbocycles. The molecule has 0 saturated heterocycles.